The van der Waals surface area contributed by atoms with E-state index in [1.807, 2.05) is 74.5 Å². The molecule has 0 radical (unpaired) electrons. The number of fused-ring (bicyclic) bond motifs is 1. The van der Waals surface area contributed by atoms with Gasteiger partial charge in [0.1, 0.15) is 23.6 Å². The van der Waals surface area contributed by atoms with Crippen molar-refractivity contribution in [1.29, 1.82) is 0 Å². The molecule has 2 aromatic carbocycles. The number of anilines is 2. The Morgan fingerprint density at radius 2 is 1.94 bits per heavy atom. The number of nitrogen functional groups attached to an aromatic ring is 1. The number of nitrogens with zero attached hydrogens (tertiary/aromatic N) is 6. The maximum atomic E-state index is 12.7. The van der Waals surface area contributed by atoms with E-state index < -0.39 is 0 Å². The van der Waals surface area contributed by atoms with E-state index in [1.54, 1.807) is 29.8 Å². The van der Waals surface area contributed by atoms with Gasteiger partial charge in [-0.15, -0.1) is 0 Å². The molecule has 0 saturated heterocycles. The van der Waals surface area contributed by atoms with Crippen molar-refractivity contribution in [2.24, 2.45) is 0 Å². The second-order valence-electron chi connectivity index (χ2n) is 8.48. The third-order valence-corrected chi connectivity index (χ3v) is 5.70. The minimum Gasteiger partial charge on any atom is -0.496 e. The van der Waals surface area contributed by atoms with Gasteiger partial charge >= 0.3 is 0 Å². The zero-order chi connectivity index (χ0) is 25.1. The van der Waals surface area contributed by atoms with Gasteiger partial charge in [0.2, 0.25) is 5.91 Å². The molecule has 0 bridgehead atoms. The molecule has 0 aliphatic rings. The van der Waals surface area contributed by atoms with Crippen molar-refractivity contribution >= 4 is 28.4 Å². The van der Waals surface area contributed by atoms with Gasteiger partial charge in [-0.05, 0) is 50.8 Å². The molecule has 0 aliphatic carbocycles. The van der Waals surface area contributed by atoms with E-state index in [2.05, 4.69) is 9.97 Å². The molecule has 4 aromatic rings. The molecule has 4 rings (SSSR count). The lowest BCUT2D eigenvalue weighted by atomic mass is 10.1. The second kappa shape index (κ2) is 9.94. The molecule has 2 heterocycles. The number of likely N-dealkylation sites (N-methyl/N-ethyl adjacent to an activating group) is 2. The third kappa shape index (κ3) is 4.85. The number of benzene rings is 2. The van der Waals surface area contributed by atoms with E-state index in [4.69, 9.17) is 15.6 Å². The highest BCUT2D eigenvalue weighted by Crippen LogP contribution is 2.34. The van der Waals surface area contributed by atoms with E-state index in [1.165, 1.54) is 6.33 Å². The van der Waals surface area contributed by atoms with Crippen molar-refractivity contribution in [1.82, 2.24) is 24.6 Å². The minimum atomic E-state index is -0.117. The smallest absolute Gasteiger partial charge is 0.250 e. The highest BCUT2D eigenvalue weighted by atomic mass is 16.5. The van der Waals surface area contributed by atoms with Crippen LogP contribution in [0, 0.1) is 6.92 Å². The number of nitrogens with two attached hydrogens (primary N) is 1. The molecule has 0 fully saturated rings. The van der Waals surface area contributed by atoms with Crippen LogP contribution in [0.4, 0.5) is 11.5 Å². The lowest BCUT2D eigenvalue weighted by molar-refractivity contribution is -0.113. The van der Waals surface area contributed by atoms with Crippen LogP contribution in [-0.2, 0) is 4.79 Å². The van der Waals surface area contributed by atoms with Crippen LogP contribution < -0.4 is 15.4 Å². The Labute approximate surface area is 204 Å². The summed E-state index contributed by atoms with van der Waals surface area (Å²) in [5.74, 6) is 0.976. The molecule has 1 amide bonds. The molecule has 2 aromatic heterocycles. The van der Waals surface area contributed by atoms with Crippen molar-refractivity contribution in [3.8, 4) is 22.7 Å². The molecule has 0 aliphatic heterocycles. The maximum absolute atomic E-state index is 12.7. The van der Waals surface area contributed by atoms with E-state index in [0.717, 1.165) is 28.3 Å². The summed E-state index contributed by atoms with van der Waals surface area (Å²) in [5, 5.41) is 5.52. The van der Waals surface area contributed by atoms with Crippen molar-refractivity contribution in [2.45, 2.75) is 6.92 Å². The summed E-state index contributed by atoms with van der Waals surface area (Å²) in [6.45, 7) is 2.67. The molecular weight excluding hydrogens is 442 g/mol. The maximum Gasteiger partial charge on any atom is 0.250 e. The van der Waals surface area contributed by atoms with Crippen molar-refractivity contribution in [3.05, 3.63) is 66.5 Å². The molecule has 0 atom stereocenters. The minimum absolute atomic E-state index is 0.117. The second-order valence-corrected chi connectivity index (χ2v) is 8.48. The van der Waals surface area contributed by atoms with Gasteiger partial charge in [-0.3, -0.25) is 4.79 Å². The largest absolute Gasteiger partial charge is 0.496 e. The number of aromatic nitrogens is 4. The van der Waals surface area contributed by atoms with Crippen LogP contribution in [0.15, 0.2) is 60.9 Å². The van der Waals surface area contributed by atoms with Crippen molar-refractivity contribution < 1.29 is 9.53 Å². The van der Waals surface area contributed by atoms with Gasteiger partial charge in [-0.25, -0.2) is 14.6 Å². The molecule has 180 valence electrons. The average molecular weight is 472 g/mol. The molecular formula is C26H29N7O2. The van der Waals surface area contributed by atoms with Crippen LogP contribution in [0.1, 0.15) is 5.56 Å². The lowest BCUT2D eigenvalue weighted by Crippen LogP contribution is -2.24. The monoisotopic (exact) mass is 471 g/mol. The van der Waals surface area contributed by atoms with Gasteiger partial charge < -0.3 is 20.3 Å². The van der Waals surface area contributed by atoms with Gasteiger partial charge in [-0.1, -0.05) is 24.3 Å². The first-order valence-corrected chi connectivity index (χ1v) is 11.1. The molecule has 2 N–H and O–H groups in total. The zero-order valence-electron chi connectivity index (χ0n) is 20.6. The number of amides is 1. The number of aryl methyl sites for hydroxylation is 1. The van der Waals surface area contributed by atoms with Gasteiger partial charge in [0.05, 0.1) is 18.2 Å². The Morgan fingerprint density at radius 1 is 1.14 bits per heavy atom. The molecule has 0 unspecified atom stereocenters. The van der Waals surface area contributed by atoms with E-state index in [-0.39, 0.29) is 5.91 Å². The first kappa shape index (κ1) is 23.9. The number of methoxy groups -OCH3 is 1. The van der Waals surface area contributed by atoms with Gasteiger partial charge in [-0.2, -0.15) is 5.10 Å². The number of rotatable bonds is 7. The Morgan fingerprint density at radius 3 is 2.69 bits per heavy atom. The van der Waals surface area contributed by atoms with Crippen LogP contribution >= 0.6 is 0 Å². The normalized spacial score (nSPS) is 11.5. The Hall–Kier alpha value is -4.24. The number of hydrogen-bond donors (Lipinski definition) is 1. The highest BCUT2D eigenvalue weighted by Gasteiger charge is 2.19. The molecule has 0 spiro atoms. The first-order valence-electron chi connectivity index (χ1n) is 11.1. The fourth-order valence-electron chi connectivity index (χ4n) is 3.76. The number of carbonyl (C=O) groups excluding carboxylic acids is 1. The van der Waals surface area contributed by atoms with Crippen LogP contribution in [0.5, 0.6) is 5.75 Å². The SMILES string of the molecule is COc1cc(-c2nn(-c3cccc(N(C)C(=O)/C=C/CN(C)C)c3)c3ncnc(N)c23)ccc1C. The lowest BCUT2D eigenvalue weighted by Gasteiger charge is -2.16. The Balaban J connectivity index is 1.78. The van der Waals surface area contributed by atoms with Gasteiger partial charge in [0.25, 0.3) is 0 Å². The molecule has 9 nitrogen and oxygen atoms in total. The predicted molar refractivity (Wildman–Crippen MR) is 139 cm³/mol. The Kier molecular flexibility index (Phi) is 6.79. The van der Waals surface area contributed by atoms with E-state index >= 15 is 0 Å². The summed E-state index contributed by atoms with van der Waals surface area (Å²) in [5.41, 5.74) is 10.8. The van der Waals surface area contributed by atoms with Crippen LogP contribution in [0.3, 0.4) is 0 Å². The van der Waals surface area contributed by atoms with E-state index in [0.29, 0.717) is 29.1 Å². The van der Waals surface area contributed by atoms with Crippen LogP contribution in [-0.4, -0.2) is 65.4 Å². The van der Waals surface area contributed by atoms with Crippen molar-refractivity contribution in [3.63, 3.8) is 0 Å². The van der Waals surface area contributed by atoms with Crippen LogP contribution in [0.25, 0.3) is 28.0 Å². The summed E-state index contributed by atoms with van der Waals surface area (Å²) < 4.78 is 7.22. The first-order chi connectivity index (χ1) is 16.8. The summed E-state index contributed by atoms with van der Waals surface area (Å²) in [4.78, 5) is 24.9. The van der Waals surface area contributed by atoms with Gasteiger partial charge in [0.15, 0.2) is 5.65 Å². The van der Waals surface area contributed by atoms with E-state index in [9.17, 15) is 4.79 Å². The quantitative estimate of drug-likeness (QED) is 0.412. The van der Waals surface area contributed by atoms with Crippen molar-refractivity contribution in [2.75, 3.05) is 45.4 Å². The topological polar surface area (TPSA) is 102 Å². The standard InChI is InChI=1S/C26H29N7O2/c1-17-11-12-18(14-21(17)35-5)24-23-25(27)28-16-29-26(23)33(30-24)20-9-6-8-19(15-20)32(4)22(34)10-7-13-31(2)3/h6-12,14-16H,13H2,1-5H3,(H2,27,28,29)/b10-7+. The summed E-state index contributed by atoms with van der Waals surface area (Å²) in [7, 11) is 7.29. The number of carbonyl (C=O) groups is 1. The summed E-state index contributed by atoms with van der Waals surface area (Å²) >= 11 is 0. The molecule has 35 heavy (non-hydrogen) atoms. The number of hydrogen-bond acceptors (Lipinski definition) is 7. The predicted octanol–water partition coefficient (Wildman–Crippen LogP) is 3.46. The summed E-state index contributed by atoms with van der Waals surface area (Å²) in [6, 6.07) is 13.4. The highest BCUT2D eigenvalue weighted by molar-refractivity contribution is 6.01. The third-order valence-electron chi connectivity index (χ3n) is 5.70. The van der Waals surface area contributed by atoms with Gasteiger partial charge in [0, 0.05) is 30.9 Å². The fourth-order valence-corrected chi connectivity index (χ4v) is 3.76. The molecule has 0 saturated carbocycles. The molecule has 9 heteroatoms. The zero-order valence-corrected chi connectivity index (χ0v) is 20.6. The Bertz CT molecular complexity index is 1410. The van der Waals surface area contributed by atoms with Crippen LogP contribution in [0.2, 0.25) is 0 Å². The average Bonchev–Trinajstić information content (AvgIpc) is 3.24. The fraction of sp³-hybridized carbons (Fsp3) is 0.231. The summed E-state index contributed by atoms with van der Waals surface area (Å²) in [6.07, 6.45) is 4.84. The number of ether oxygens (including phenoxy) is 1.